The van der Waals surface area contributed by atoms with E-state index in [1.165, 1.54) is 0 Å². The van der Waals surface area contributed by atoms with Gasteiger partial charge in [0, 0.05) is 19.1 Å². The first-order chi connectivity index (χ1) is 9.83. The first-order valence-electron chi connectivity index (χ1n) is 7.05. The lowest BCUT2D eigenvalue weighted by Gasteiger charge is -2.33. The van der Waals surface area contributed by atoms with Crippen LogP contribution in [0.15, 0.2) is 12.4 Å². The van der Waals surface area contributed by atoms with Gasteiger partial charge in [-0.15, -0.1) is 0 Å². The summed E-state index contributed by atoms with van der Waals surface area (Å²) in [6.45, 7) is 6.85. The van der Waals surface area contributed by atoms with Crippen molar-refractivity contribution in [3.05, 3.63) is 18.2 Å². The van der Waals surface area contributed by atoms with Crippen molar-refractivity contribution in [2.45, 2.75) is 45.3 Å². The Bertz CT molecular complexity index is 487. The quantitative estimate of drug-likeness (QED) is 0.905. The summed E-state index contributed by atoms with van der Waals surface area (Å²) in [7, 11) is 0. The van der Waals surface area contributed by atoms with Crippen LogP contribution in [0.3, 0.4) is 0 Å². The molecule has 1 saturated heterocycles. The van der Waals surface area contributed by atoms with Crippen LogP contribution in [0.1, 0.15) is 33.6 Å². The van der Waals surface area contributed by atoms with E-state index in [1.807, 2.05) is 25.7 Å². The van der Waals surface area contributed by atoms with Crippen LogP contribution in [0.5, 0.6) is 0 Å². The lowest BCUT2D eigenvalue weighted by atomic mass is 10.1. The summed E-state index contributed by atoms with van der Waals surface area (Å²) in [5.74, 6) is 0.0197. The van der Waals surface area contributed by atoms with Gasteiger partial charge < -0.3 is 15.0 Å². The van der Waals surface area contributed by atoms with E-state index in [2.05, 4.69) is 15.3 Å². The molecular formula is C14H21FN4O2. The molecule has 116 valence electrons. The van der Waals surface area contributed by atoms with Crippen molar-refractivity contribution >= 4 is 12.0 Å². The number of ether oxygens (including phenoxy) is 1. The summed E-state index contributed by atoms with van der Waals surface area (Å²) in [6.07, 6.45) is 3.65. The Morgan fingerprint density at radius 1 is 1.43 bits per heavy atom. The van der Waals surface area contributed by atoms with Crippen molar-refractivity contribution in [2.24, 2.45) is 0 Å². The average Bonchev–Trinajstić information content (AvgIpc) is 2.37. The zero-order valence-corrected chi connectivity index (χ0v) is 12.6. The van der Waals surface area contributed by atoms with E-state index in [0.717, 1.165) is 31.8 Å². The van der Waals surface area contributed by atoms with E-state index in [1.54, 1.807) is 0 Å². The largest absolute Gasteiger partial charge is 0.444 e. The van der Waals surface area contributed by atoms with Gasteiger partial charge in [0.05, 0.1) is 12.4 Å². The second-order valence-corrected chi connectivity index (χ2v) is 6.13. The maximum absolute atomic E-state index is 12.8. The average molecular weight is 296 g/mol. The number of piperidine rings is 1. The molecule has 1 amide bonds. The Morgan fingerprint density at radius 2 is 2.10 bits per heavy atom. The van der Waals surface area contributed by atoms with Gasteiger partial charge in [0.2, 0.25) is 5.95 Å². The molecule has 1 N–H and O–H groups in total. The van der Waals surface area contributed by atoms with Gasteiger partial charge in [-0.1, -0.05) is 0 Å². The van der Waals surface area contributed by atoms with Crippen molar-refractivity contribution in [3.63, 3.8) is 0 Å². The van der Waals surface area contributed by atoms with E-state index >= 15 is 0 Å². The zero-order valence-electron chi connectivity index (χ0n) is 12.6. The van der Waals surface area contributed by atoms with E-state index in [-0.39, 0.29) is 6.04 Å². The maximum Gasteiger partial charge on any atom is 0.407 e. The van der Waals surface area contributed by atoms with Crippen LogP contribution < -0.4 is 10.2 Å². The molecule has 2 heterocycles. The standard InChI is InChI=1S/C14H21FN4O2/c1-14(2,3)21-13(20)18-11-5-4-6-19(9-11)12-16-7-10(15)8-17-12/h7-8,11H,4-6,9H2,1-3H3,(H,18,20)/t11-/m0/s1. The minimum Gasteiger partial charge on any atom is -0.444 e. The summed E-state index contributed by atoms with van der Waals surface area (Å²) in [5, 5.41) is 2.85. The number of carbonyl (C=O) groups excluding carboxylic acids is 1. The smallest absolute Gasteiger partial charge is 0.407 e. The summed E-state index contributed by atoms with van der Waals surface area (Å²) in [4.78, 5) is 21.7. The van der Waals surface area contributed by atoms with Crippen molar-refractivity contribution in [3.8, 4) is 0 Å². The first kappa shape index (κ1) is 15.5. The second-order valence-electron chi connectivity index (χ2n) is 6.13. The van der Waals surface area contributed by atoms with Gasteiger partial charge in [-0.25, -0.2) is 19.2 Å². The third-order valence-corrected chi connectivity index (χ3v) is 3.03. The number of hydrogen-bond donors (Lipinski definition) is 1. The van der Waals surface area contributed by atoms with E-state index in [4.69, 9.17) is 4.74 Å². The molecule has 7 heteroatoms. The normalized spacial score (nSPS) is 19.2. The van der Waals surface area contributed by atoms with E-state index in [9.17, 15) is 9.18 Å². The Balaban J connectivity index is 1.91. The van der Waals surface area contributed by atoms with Crippen LogP contribution in [0, 0.1) is 5.82 Å². The highest BCUT2D eigenvalue weighted by atomic mass is 19.1. The molecule has 21 heavy (non-hydrogen) atoms. The summed E-state index contributed by atoms with van der Waals surface area (Å²) < 4.78 is 18.1. The van der Waals surface area contributed by atoms with Crippen LogP contribution in [0.2, 0.25) is 0 Å². The number of carbonyl (C=O) groups is 1. The molecule has 0 spiro atoms. The van der Waals surface area contributed by atoms with Crippen LogP contribution in [0.25, 0.3) is 0 Å². The number of aromatic nitrogens is 2. The molecule has 2 rings (SSSR count). The van der Waals surface area contributed by atoms with Crippen LogP contribution in [-0.4, -0.2) is 40.8 Å². The first-order valence-corrected chi connectivity index (χ1v) is 7.05. The number of rotatable bonds is 2. The molecule has 0 bridgehead atoms. The van der Waals surface area contributed by atoms with Gasteiger partial charge in [-0.2, -0.15) is 0 Å². The molecule has 6 nitrogen and oxygen atoms in total. The SMILES string of the molecule is CC(C)(C)OC(=O)N[C@H]1CCCN(c2ncc(F)cn2)C1. The number of nitrogens with one attached hydrogen (secondary N) is 1. The molecular weight excluding hydrogens is 275 g/mol. The lowest BCUT2D eigenvalue weighted by Crippen LogP contribution is -2.49. The molecule has 1 aromatic rings. The van der Waals surface area contributed by atoms with Gasteiger partial charge >= 0.3 is 6.09 Å². The van der Waals surface area contributed by atoms with Gasteiger partial charge in [-0.3, -0.25) is 0 Å². The van der Waals surface area contributed by atoms with Crippen molar-refractivity contribution < 1.29 is 13.9 Å². The van der Waals surface area contributed by atoms with E-state index in [0.29, 0.717) is 12.5 Å². The second kappa shape index (κ2) is 6.24. The molecule has 1 aliphatic heterocycles. The molecule has 0 aliphatic carbocycles. The molecule has 1 aromatic heterocycles. The maximum atomic E-state index is 12.8. The minimum atomic E-state index is -0.515. The molecule has 0 unspecified atom stereocenters. The molecule has 0 aromatic carbocycles. The molecule has 1 atom stereocenters. The molecule has 1 fully saturated rings. The highest BCUT2D eigenvalue weighted by Crippen LogP contribution is 2.16. The van der Waals surface area contributed by atoms with Gasteiger partial charge in [0.15, 0.2) is 5.82 Å². The number of hydrogen-bond acceptors (Lipinski definition) is 5. The fourth-order valence-corrected chi connectivity index (χ4v) is 2.22. The number of anilines is 1. The van der Waals surface area contributed by atoms with Crippen LogP contribution >= 0.6 is 0 Å². The fourth-order valence-electron chi connectivity index (χ4n) is 2.22. The lowest BCUT2D eigenvalue weighted by molar-refractivity contribution is 0.0500. The topological polar surface area (TPSA) is 67.3 Å². The van der Waals surface area contributed by atoms with Crippen molar-refractivity contribution in [1.29, 1.82) is 0 Å². The Kier molecular flexibility index (Phi) is 4.59. The third-order valence-electron chi connectivity index (χ3n) is 3.03. The number of nitrogens with zero attached hydrogens (tertiary/aromatic N) is 3. The fraction of sp³-hybridized carbons (Fsp3) is 0.643. The number of halogens is 1. The summed E-state index contributed by atoms with van der Waals surface area (Å²) in [5.41, 5.74) is -0.515. The predicted octanol–water partition coefficient (Wildman–Crippen LogP) is 2.11. The minimum absolute atomic E-state index is 0.0257. The Labute approximate surface area is 123 Å². The third kappa shape index (κ3) is 4.84. The van der Waals surface area contributed by atoms with Crippen LogP contribution in [0.4, 0.5) is 15.1 Å². The zero-order chi connectivity index (χ0) is 15.5. The Hall–Kier alpha value is -1.92. The summed E-state index contributed by atoms with van der Waals surface area (Å²) in [6, 6.07) is -0.0257. The van der Waals surface area contributed by atoms with Gasteiger partial charge in [0.25, 0.3) is 0 Å². The molecule has 1 aliphatic rings. The monoisotopic (exact) mass is 296 g/mol. The molecule has 0 radical (unpaired) electrons. The highest BCUT2D eigenvalue weighted by Gasteiger charge is 2.25. The predicted molar refractivity (Wildman–Crippen MR) is 76.6 cm³/mol. The molecule has 0 saturated carbocycles. The van der Waals surface area contributed by atoms with E-state index < -0.39 is 17.5 Å². The van der Waals surface area contributed by atoms with Gasteiger partial charge in [0.1, 0.15) is 5.60 Å². The van der Waals surface area contributed by atoms with Crippen molar-refractivity contribution in [2.75, 3.05) is 18.0 Å². The summed E-state index contributed by atoms with van der Waals surface area (Å²) >= 11 is 0. The Morgan fingerprint density at radius 3 is 2.71 bits per heavy atom. The van der Waals surface area contributed by atoms with Gasteiger partial charge in [-0.05, 0) is 33.6 Å². The highest BCUT2D eigenvalue weighted by molar-refractivity contribution is 5.68. The van der Waals surface area contributed by atoms with Crippen molar-refractivity contribution in [1.82, 2.24) is 15.3 Å². The number of alkyl carbamates (subject to hydrolysis) is 1. The number of amides is 1. The van der Waals surface area contributed by atoms with Crippen LogP contribution in [-0.2, 0) is 4.74 Å².